The number of imide groups is 1. The van der Waals surface area contributed by atoms with E-state index in [0.29, 0.717) is 18.5 Å². The monoisotopic (exact) mass is 448 g/mol. The molecule has 3 amide bonds. The number of unbranched alkanes of at least 4 members (excludes halogenated alkanes) is 1. The van der Waals surface area contributed by atoms with E-state index in [4.69, 9.17) is 4.84 Å². The standard InChI is InChI=1S/C27H32N2O4/c1-3-5-12-24-17-29(26(31)23-15-13-21(9-4-2)14-16-23)27(32)25(24)18-28(20-30)33-19-22-10-7-6-8-11-22/h4,6-8,10-11,13-16,20,24-25H,2-3,5,9,12,17-19H2,1H3. The highest BCUT2D eigenvalue weighted by Crippen LogP contribution is 2.31. The summed E-state index contributed by atoms with van der Waals surface area (Å²) in [5.74, 6) is -1.02. The largest absolute Gasteiger partial charge is 0.278 e. The summed E-state index contributed by atoms with van der Waals surface area (Å²) in [6.45, 7) is 6.56. The minimum absolute atomic E-state index is 0.00999. The molecule has 6 heteroatoms. The number of hydrogen-bond acceptors (Lipinski definition) is 4. The van der Waals surface area contributed by atoms with E-state index in [-0.39, 0.29) is 30.9 Å². The maximum absolute atomic E-state index is 13.3. The van der Waals surface area contributed by atoms with Gasteiger partial charge in [0, 0.05) is 12.1 Å². The number of nitrogens with zero attached hydrogens (tertiary/aromatic N) is 2. The van der Waals surface area contributed by atoms with E-state index in [1.54, 1.807) is 12.1 Å². The first-order valence-electron chi connectivity index (χ1n) is 11.5. The molecule has 2 atom stereocenters. The quantitative estimate of drug-likeness (QED) is 0.209. The molecule has 1 aliphatic rings. The first-order chi connectivity index (χ1) is 16.1. The van der Waals surface area contributed by atoms with Gasteiger partial charge in [-0.2, -0.15) is 0 Å². The smallest absolute Gasteiger partial charge is 0.260 e. The maximum Gasteiger partial charge on any atom is 0.260 e. The van der Waals surface area contributed by atoms with Crippen molar-refractivity contribution in [3.05, 3.63) is 83.9 Å². The third kappa shape index (κ3) is 6.39. The average molecular weight is 449 g/mol. The van der Waals surface area contributed by atoms with Gasteiger partial charge < -0.3 is 0 Å². The SMILES string of the molecule is C=CCc1ccc(C(=O)N2CC(CCCC)C(CN(C=O)OCc3ccccc3)C2=O)cc1. The van der Waals surface area contributed by atoms with E-state index >= 15 is 0 Å². The Balaban J connectivity index is 1.70. The van der Waals surface area contributed by atoms with Gasteiger partial charge in [0.1, 0.15) is 6.61 Å². The maximum atomic E-state index is 13.3. The minimum Gasteiger partial charge on any atom is -0.278 e. The normalized spacial score (nSPS) is 17.7. The zero-order chi connectivity index (χ0) is 23.6. The molecule has 2 aromatic rings. The summed E-state index contributed by atoms with van der Waals surface area (Å²) in [7, 11) is 0. The third-order valence-electron chi connectivity index (χ3n) is 6.06. The van der Waals surface area contributed by atoms with Gasteiger partial charge in [-0.3, -0.25) is 24.1 Å². The molecular formula is C27H32N2O4. The van der Waals surface area contributed by atoms with Crippen molar-refractivity contribution in [3.8, 4) is 0 Å². The van der Waals surface area contributed by atoms with Gasteiger partial charge in [-0.25, -0.2) is 5.06 Å². The second-order valence-electron chi connectivity index (χ2n) is 8.42. The lowest BCUT2D eigenvalue weighted by Gasteiger charge is -2.23. The Kier molecular flexibility index (Phi) is 8.95. The molecule has 1 heterocycles. The van der Waals surface area contributed by atoms with Crippen molar-refractivity contribution < 1.29 is 19.2 Å². The van der Waals surface area contributed by atoms with Gasteiger partial charge in [-0.15, -0.1) is 6.58 Å². The summed E-state index contributed by atoms with van der Waals surface area (Å²) in [6.07, 6.45) is 5.91. The van der Waals surface area contributed by atoms with Crippen LogP contribution in [0.4, 0.5) is 0 Å². The number of benzene rings is 2. The van der Waals surface area contributed by atoms with Crippen LogP contribution in [-0.2, 0) is 27.5 Å². The molecule has 0 aliphatic carbocycles. The van der Waals surface area contributed by atoms with Gasteiger partial charge in [0.05, 0.1) is 12.5 Å². The third-order valence-corrected chi connectivity index (χ3v) is 6.06. The van der Waals surface area contributed by atoms with Crippen LogP contribution in [-0.4, -0.2) is 41.3 Å². The van der Waals surface area contributed by atoms with Crippen LogP contribution in [0.15, 0.2) is 67.3 Å². The molecule has 1 aliphatic heterocycles. The van der Waals surface area contributed by atoms with Gasteiger partial charge in [0.15, 0.2) is 0 Å². The second-order valence-corrected chi connectivity index (χ2v) is 8.42. The molecule has 1 saturated heterocycles. The number of hydrogen-bond donors (Lipinski definition) is 0. The zero-order valence-electron chi connectivity index (χ0n) is 19.2. The zero-order valence-corrected chi connectivity index (χ0v) is 19.2. The summed E-state index contributed by atoms with van der Waals surface area (Å²) in [5.41, 5.74) is 2.48. The van der Waals surface area contributed by atoms with Gasteiger partial charge >= 0.3 is 0 Å². The molecular weight excluding hydrogens is 416 g/mol. The van der Waals surface area contributed by atoms with E-state index in [1.165, 1.54) is 9.96 Å². The van der Waals surface area contributed by atoms with Crippen molar-refractivity contribution in [1.29, 1.82) is 0 Å². The molecule has 0 aromatic heterocycles. The van der Waals surface area contributed by atoms with Gasteiger partial charge in [0.2, 0.25) is 12.3 Å². The summed E-state index contributed by atoms with van der Waals surface area (Å²) >= 11 is 0. The molecule has 3 rings (SSSR count). The van der Waals surface area contributed by atoms with Crippen molar-refractivity contribution in [2.24, 2.45) is 11.8 Å². The summed E-state index contributed by atoms with van der Waals surface area (Å²) in [6, 6.07) is 16.8. The molecule has 2 aromatic carbocycles. The molecule has 174 valence electrons. The van der Waals surface area contributed by atoms with E-state index in [0.717, 1.165) is 36.8 Å². The average Bonchev–Trinajstić information content (AvgIpc) is 3.16. The first-order valence-corrected chi connectivity index (χ1v) is 11.5. The number of carbonyl (C=O) groups excluding carboxylic acids is 3. The Hall–Kier alpha value is -3.25. The molecule has 0 spiro atoms. The topological polar surface area (TPSA) is 66.9 Å². The Morgan fingerprint density at radius 1 is 1.15 bits per heavy atom. The van der Waals surface area contributed by atoms with Crippen molar-refractivity contribution in [2.75, 3.05) is 13.1 Å². The van der Waals surface area contributed by atoms with Crippen molar-refractivity contribution in [1.82, 2.24) is 9.96 Å². The molecule has 6 nitrogen and oxygen atoms in total. The van der Waals surface area contributed by atoms with Crippen LogP contribution < -0.4 is 0 Å². The number of hydroxylamine groups is 2. The van der Waals surface area contributed by atoms with Crippen LogP contribution in [0, 0.1) is 11.8 Å². The van der Waals surface area contributed by atoms with Crippen molar-refractivity contribution >= 4 is 18.2 Å². The molecule has 1 fully saturated rings. The summed E-state index contributed by atoms with van der Waals surface area (Å²) < 4.78 is 0. The molecule has 0 N–H and O–H groups in total. The second kappa shape index (κ2) is 12.1. The molecule has 2 unspecified atom stereocenters. The number of rotatable bonds is 12. The van der Waals surface area contributed by atoms with Crippen molar-refractivity contribution in [3.63, 3.8) is 0 Å². The van der Waals surface area contributed by atoms with E-state index in [2.05, 4.69) is 13.5 Å². The fourth-order valence-corrected chi connectivity index (χ4v) is 4.18. The van der Waals surface area contributed by atoms with Crippen LogP contribution in [0.2, 0.25) is 0 Å². The fourth-order valence-electron chi connectivity index (χ4n) is 4.18. The summed E-state index contributed by atoms with van der Waals surface area (Å²) in [4.78, 5) is 45.1. The van der Waals surface area contributed by atoms with Crippen LogP contribution in [0.3, 0.4) is 0 Å². The predicted octanol–water partition coefficient (Wildman–Crippen LogP) is 4.41. The van der Waals surface area contributed by atoms with Crippen LogP contribution in [0.5, 0.6) is 0 Å². The minimum atomic E-state index is -0.471. The highest BCUT2D eigenvalue weighted by Gasteiger charge is 2.43. The van der Waals surface area contributed by atoms with Crippen LogP contribution in [0.25, 0.3) is 0 Å². The molecule has 0 bridgehead atoms. The predicted molar refractivity (Wildman–Crippen MR) is 127 cm³/mol. The molecule has 0 radical (unpaired) electrons. The van der Waals surface area contributed by atoms with Gasteiger partial charge in [-0.05, 0) is 42.0 Å². The van der Waals surface area contributed by atoms with Gasteiger partial charge in [-0.1, -0.05) is 68.3 Å². The molecule has 33 heavy (non-hydrogen) atoms. The van der Waals surface area contributed by atoms with E-state index < -0.39 is 5.92 Å². The summed E-state index contributed by atoms with van der Waals surface area (Å²) in [5, 5.41) is 1.19. The highest BCUT2D eigenvalue weighted by molar-refractivity contribution is 6.06. The highest BCUT2D eigenvalue weighted by atomic mass is 16.7. The van der Waals surface area contributed by atoms with Crippen LogP contribution in [0.1, 0.15) is 47.7 Å². The Labute approximate surface area is 195 Å². The van der Waals surface area contributed by atoms with E-state index in [1.807, 2.05) is 48.5 Å². The Morgan fingerprint density at radius 3 is 2.52 bits per heavy atom. The van der Waals surface area contributed by atoms with Crippen LogP contribution >= 0.6 is 0 Å². The van der Waals surface area contributed by atoms with Crippen molar-refractivity contribution in [2.45, 2.75) is 39.2 Å². The number of amides is 3. The number of carbonyl (C=O) groups is 3. The van der Waals surface area contributed by atoms with E-state index in [9.17, 15) is 14.4 Å². The lowest BCUT2D eigenvalue weighted by Crippen LogP contribution is -2.37. The number of likely N-dealkylation sites (tertiary alicyclic amines) is 1. The lowest BCUT2D eigenvalue weighted by atomic mass is 9.90. The first kappa shape index (κ1) is 24.4. The molecule has 0 saturated carbocycles. The fraction of sp³-hybridized carbons (Fsp3) is 0.370. The lowest BCUT2D eigenvalue weighted by molar-refractivity contribution is -0.182. The Bertz CT molecular complexity index is 942. The Morgan fingerprint density at radius 2 is 1.88 bits per heavy atom. The van der Waals surface area contributed by atoms with Gasteiger partial charge in [0.25, 0.3) is 5.91 Å². The number of allylic oxidation sites excluding steroid dienone is 1.